The van der Waals surface area contributed by atoms with Crippen LogP contribution in [0.3, 0.4) is 0 Å². The first kappa shape index (κ1) is 11.3. The van der Waals surface area contributed by atoms with Crippen LogP contribution in [0, 0.1) is 0 Å². The Labute approximate surface area is 101 Å². The molecule has 0 saturated heterocycles. The maximum atomic E-state index is 12.0. The van der Waals surface area contributed by atoms with Crippen molar-refractivity contribution in [3.8, 4) is 0 Å². The summed E-state index contributed by atoms with van der Waals surface area (Å²) in [5.74, 6) is 0.0369. The summed E-state index contributed by atoms with van der Waals surface area (Å²) in [6, 6.07) is 15.2. The molecule has 0 atom stereocenters. The second kappa shape index (κ2) is 5.25. The number of nitrogens with zero attached hydrogens (tertiary/aromatic N) is 2. The van der Waals surface area contributed by atoms with Gasteiger partial charge in [0.25, 0.3) is 0 Å². The summed E-state index contributed by atoms with van der Waals surface area (Å²) in [6.45, 7) is 0. The number of rotatable bonds is 3. The summed E-state index contributed by atoms with van der Waals surface area (Å²) >= 11 is 0. The predicted molar refractivity (Wildman–Crippen MR) is 67.8 cm³/mol. The number of carbonyl (C=O) groups is 1. The molecule has 0 spiro atoms. The Kier molecular flexibility index (Phi) is 3.50. The van der Waals surface area contributed by atoms with Gasteiger partial charge in [-0.2, -0.15) is 0 Å². The lowest BCUT2D eigenvalue weighted by Crippen LogP contribution is -2.27. The normalized spacial score (nSPS) is 9.94. The second-order valence-electron chi connectivity index (χ2n) is 3.79. The standard InChI is InChI=1S/C14H14N2O/c1-16(13-8-3-2-4-9-13)14(17)11-12-7-5-6-10-15-12/h2-10H,11H2,1H3. The Morgan fingerprint density at radius 3 is 2.47 bits per heavy atom. The number of aromatic nitrogens is 1. The van der Waals surface area contributed by atoms with Crippen LogP contribution in [-0.2, 0) is 11.2 Å². The van der Waals surface area contributed by atoms with E-state index in [-0.39, 0.29) is 5.91 Å². The van der Waals surface area contributed by atoms with Crippen LogP contribution in [0.15, 0.2) is 54.7 Å². The highest BCUT2D eigenvalue weighted by Crippen LogP contribution is 2.12. The van der Waals surface area contributed by atoms with Crippen LogP contribution >= 0.6 is 0 Å². The second-order valence-corrected chi connectivity index (χ2v) is 3.79. The van der Waals surface area contributed by atoms with Crippen LogP contribution in [0.25, 0.3) is 0 Å². The summed E-state index contributed by atoms with van der Waals surface area (Å²) in [7, 11) is 1.78. The summed E-state index contributed by atoms with van der Waals surface area (Å²) in [6.07, 6.45) is 2.03. The molecular formula is C14H14N2O. The monoisotopic (exact) mass is 226 g/mol. The van der Waals surface area contributed by atoms with Crippen molar-refractivity contribution in [2.24, 2.45) is 0 Å². The minimum Gasteiger partial charge on any atom is -0.315 e. The molecule has 1 heterocycles. The molecule has 3 nitrogen and oxygen atoms in total. The summed E-state index contributed by atoms with van der Waals surface area (Å²) < 4.78 is 0. The Bertz CT molecular complexity index is 482. The van der Waals surface area contributed by atoms with Gasteiger partial charge < -0.3 is 4.90 Å². The van der Waals surface area contributed by atoms with Gasteiger partial charge in [-0.3, -0.25) is 9.78 Å². The van der Waals surface area contributed by atoms with Crippen LogP contribution in [-0.4, -0.2) is 17.9 Å². The minimum atomic E-state index is 0.0369. The van der Waals surface area contributed by atoms with E-state index in [2.05, 4.69) is 4.98 Å². The average molecular weight is 226 g/mol. The van der Waals surface area contributed by atoms with Gasteiger partial charge in [-0.25, -0.2) is 0 Å². The highest BCUT2D eigenvalue weighted by Gasteiger charge is 2.11. The maximum absolute atomic E-state index is 12.0. The van der Waals surface area contributed by atoms with Crippen molar-refractivity contribution in [2.75, 3.05) is 11.9 Å². The Morgan fingerprint density at radius 2 is 1.82 bits per heavy atom. The van der Waals surface area contributed by atoms with Crippen LogP contribution in [0.4, 0.5) is 5.69 Å². The molecule has 2 aromatic rings. The van der Waals surface area contributed by atoms with Crippen molar-refractivity contribution in [3.05, 3.63) is 60.4 Å². The third kappa shape index (κ3) is 2.91. The molecule has 0 aliphatic heterocycles. The van der Waals surface area contributed by atoms with E-state index < -0.39 is 0 Å². The van der Waals surface area contributed by atoms with E-state index in [9.17, 15) is 4.79 Å². The SMILES string of the molecule is CN(C(=O)Cc1ccccn1)c1ccccc1. The molecule has 1 aromatic heterocycles. The first-order valence-electron chi connectivity index (χ1n) is 5.49. The molecular weight excluding hydrogens is 212 g/mol. The van der Waals surface area contributed by atoms with Crippen molar-refractivity contribution < 1.29 is 4.79 Å². The smallest absolute Gasteiger partial charge is 0.232 e. The molecule has 0 aliphatic carbocycles. The number of para-hydroxylation sites is 1. The van der Waals surface area contributed by atoms with Gasteiger partial charge in [0.15, 0.2) is 0 Å². The van der Waals surface area contributed by atoms with E-state index in [1.165, 1.54) is 0 Å². The summed E-state index contributed by atoms with van der Waals surface area (Å²) in [4.78, 5) is 17.8. The fourth-order valence-electron chi connectivity index (χ4n) is 1.57. The molecule has 3 heteroatoms. The van der Waals surface area contributed by atoms with Crippen LogP contribution in [0.5, 0.6) is 0 Å². The average Bonchev–Trinajstić information content (AvgIpc) is 2.40. The number of amides is 1. The molecule has 86 valence electrons. The first-order chi connectivity index (χ1) is 8.27. The van der Waals surface area contributed by atoms with Crippen molar-refractivity contribution >= 4 is 11.6 Å². The van der Waals surface area contributed by atoms with Crippen molar-refractivity contribution in [2.45, 2.75) is 6.42 Å². The van der Waals surface area contributed by atoms with Gasteiger partial charge in [-0.1, -0.05) is 24.3 Å². The third-order valence-electron chi connectivity index (χ3n) is 2.58. The molecule has 0 saturated carbocycles. The van der Waals surface area contributed by atoms with E-state index in [0.717, 1.165) is 11.4 Å². The largest absolute Gasteiger partial charge is 0.315 e. The number of carbonyl (C=O) groups excluding carboxylic acids is 1. The third-order valence-corrected chi connectivity index (χ3v) is 2.58. The van der Waals surface area contributed by atoms with E-state index in [1.807, 2.05) is 48.5 Å². The summed E-state index contributed by atoms with van der Waals surface area (Å²) in [5, 5.41) is 0. The van der Waals surface area contributed by atoms with Crippen LogP contribution in [0.2, 0.25) is 0 Å². The van der Waals surface area contributed by atoms with Gasteiger partial charge in [-0.15, -0.1) is 0 Å². The first-order valence-corrected chi connectivity index (χ1v) is 5.49. The predicted octanol–water partition coefficient (Wildman–Crippen LogP) is 2.29. The lowest BCUT2D eigenvalue weighted by atomic mass is 10.2. The molecule has 1 aromatic carbocycles. The number of hydrogen-bond donors (Lipinski definition) is 0. The van der Waals surface area contributed by atoms with Crippen molar-refractivity contribution in [3.63, 3.8) is 0 Å². The van der Waals surface area contributed by atoms with E-state index in [0.29, 0.717) is 6.42 Å². The number of benzene rings is 1. The summed E-state index contributed by atoms with van der Waals surface area (Å²) in [5.41, 5.74) is 1.69. The molecule has 0 N–H and O–H groups in total. The Hall–Kier alpha value is -2.16. The number of hydrogen-bond acceptors (Lipinski definition) is 2. The van der Waals surface area contributed by atoms with Crippen LogP contribution in [0.1, 0.15) is 5.69 Å². The van der Waals surface area contributed by atoms with Gasteiger partial charge in [0, 0.05) is 24.6 Å². The highest BCUT2D eigenvalue weighted by atomic mass is 16.2. The van der Waals surface area contributed by atoms with Gasteiger partial charge >= 0.3 is 0 Å². The van der Waals surface area contributed by atoms with Gasteiger partial charge in [0.05, 0.1) is 6.42 Å². The molecule has 2 rings (SSSR count). The quantitative estimate of drug-likeness (QED) is 0.804. The highest BCUT2D eigenvalue weighted by molar-refractivity contribution is 5.93. The van der Waals surface area contributed by atoms with E-state index >= 15 is 0 Å². The topological polar surface area (TPSA) is 33.2 Å². The minimum absolute atomic E-state index is 0.0369. The van der Waals surface area contributed by atoms with Gasteiger partial charge in [0.2, 0.25) is 5.91 Å². The fraction of sp³-hybridized carbons (Fsp3) is 0.143. The Balaban J connectivity index is 2.06. The molecule has 17 heavy (non-hydrogen) atoms. The van der Waals surface area contributed by atoms with Crippen molar-refractivity contribution in [1.82, 2.24) is 4.98 Å². The van der Waals surface area contributed by atoms with Gasteiger partial charge in [-0.05, 0) is 24.3 Å². The fourth-order valence-corrected chi connectivity index (χ4v) is 1.57. The molecule has 1 amide bonds. The number of likely N-dealkylation sites (N-methyl/N-ethyl adjacent to an activating group) is 1. The molecule has 0 fully saturated rings. The van der Waals surface area contributed by atoms with Gasteiger partial charge in [0.1, 0.15) is 0 Å². The lowest BCUT2D eigenvalue weighted by Gasteiger charge is -2.16. The Morgan fingerprint density at radius 1 is 1.12 bits per heavy atom. The molecule has 0 radical (unpaired) electrons. The zero-order chi connectivity index (χ0) is 12.1. The molecule has 0 unspecified atom stereocenters. The number of pyridine rings is 1. The van der Waals surface area contributed by atoms with E-state index in [1.54, 1.807) is 18.1 Å². The zero-order valence-corrected chi connectivity index (χ0v) is 9.71. The lowest BCUT2D eigenvalue weighted by molar-refractivity contribution is -0.117. The molecule has 0 bridgehead atoms. The van der Waals surface area contributed by atoms with Crippen molar-refractivity contribution in [1.29, 1.82) is 0 Å². The zero-order valence-electron chi connectivity index (χ0n) is 9.71. The molecule has 0 aliphatic rings. The van der Waals surface area contributed by atoms with E-state index in [4.69, 9.17) is 0 Å². The number of anilines is 1. The van der Waals surface area contributed by atoms with Crippen LogP contribution < -0.4 is 4.90 Å². The maximum Gasteiger partial charge on any atom is 0.232 e.